The number of methoxy groups -OCH3 is 1. The zero-order valence-corrected chi connectivity index (χ0v) is 16.7. The third-order valence-corrected chi connectivity index (χ3v) is 4.59. The molecule has 1 aromatic heterocycles. The van der Waals surface area contributed by atoms with Crippen molar-refractivity contribution in [3.05, 3.63) is 64.3 Å². The summed E-state index contributed by atoms with van der Waals surface area (Å²) in [6, 6.07) is 14.9. The number of anilines is 1. The minimum absolute atomic E-state index is 0.424. The highest BCUT2D eigenvalue weighted by Gasteiger charge is 2.19. The van der Waals surface area contributed by atoms with E-state index in [0.717, 1.165) is 21.3 Å². The van der Waals surface area contributed by atoms with E-state index in [0.29, 0.717) is 17.1 Å². The van der Waals surface area contributed by atoms with Gasteiger partial charge in [0.25, 0.3) is 0 Å². The van der Waals surface area contributed by atoms with Crippen LogP contribution in [0.25, 0.3) is 11.3 Å². The van der Waals surface area contributed by atoms with Gasteiger partial charge < -0.3 is 14.0 Å². The number of ether oxygens (including phenoxy) is 2. The van der Waals surface area contributed by atoms with Crippen molar-refractivity contribution in [3.63, 3.8) is 0 Å². The van der Waals surface area contributed by atoms with Crippen LogP contribution in [0.5, 0.6) is 5.75 Å². The Bertz CT molecular complexity index is 920. The third-order valence-electron chi connectivity index (χ3n) is 4.07. The number of carbonyl (C=O) groups is 1. The summed E-state index contributed by atoms with van der Waals surface area (Å²) >= 11 is 3.40. The van der Waals surface area contributed by atoms with Crippen molar-refractivity contribution in [2.75, 3.05) is 12.4 Å². The Morgan fingerprint density at radius 1 is 1.15 bits per heavy atom. The normalized spacial score (nSPS) is 11.7. The van der Waals surface area contributed by atoms with Crippen molar-refractivity contribution in [3.8, 4) is 17.1 Å². The fraction of sp³-hybridized carbons (Fsp3) is 0.200. The van der Waals surface area contributed by atoms with E-state index in [4.69, 9.17) is 14.0 Å². The molecule has 140 valence electrons. The predicted octanol–water partition coefficient (Wildman–Crippen LogP) is 5.73. The average molecular weight is 431 g/mol. The van der Waals surface area contributed by atoms with Gasteiger partial charge in [-0.15, -0.1) is 0 Å². The van der Waals surface area contributed by atoms with Crippen molar-refractivity contribution in [2.24, 2.45) is 0 Å². The second-order valence-electron chi connectivity index (χ2n) is 5.92. The smallest absolute Gasteiger partial charge is 0.412 e. The maximum Gasteiger partial charge on any atom is 0.412 e. The Balaban J connectivity index is 1.72. The van der Waals surface area contributed by atoms with Crippen molar-refractivity contribution >= 4 is 27.7 Å². The molecular weight excluding hydrogens is 412 g/mol. The number of carbonyl (C=O) groups excluding carboxylic acids is 1. The molecule has 0 fully saturated rings. The molecule has 1 amide bonds. The summed E-state index contributed by atoms with van der Waals surface area (Å²) in [5, 5.41) is 6.70. The van der Waals surface area contributed by atoms with Crippen LogP contribution in [-0.2, 0) is 4.74 Å². The Morgan fingerprint density at radius 3 is 2.44 bits per heavy atom. The standard InChI is InChI=1S/C20H19BrN2O4/c1-12-18(19(27-23-12)15-4-8-16(21)9-5-15)22-20(24)26-13(2)14-6-10-17(25-3)11-7-14/h4-11,13H,1-3H3,(H,22,24). The van der Waals surface area contributed by atoms with Gasteiger partial charge in [0.05, 0.1) is 7.11 Å². The van der Waals surface area contributed by atoms with Gasteiger partial charge in [-0.05, 0) is 55.8 Å². The van der Waals surface area contributed by atoms with Crippen molar-refractivity contribution in [2.45, 2.75) is 20.0 Å². The fourth-order valence-corrected chi connectivity index (χ4v) is 2.81. The van der Waals surface area contributed by atoms with Crippen LogP contribution in [-0.4, -0.2) is 18.4 Å². The summed E-state index contributed by atoms with van der Waals surface area (Å²) in [4.78, 5) is 12.4. The fourth-order valence-electron chi connectivity index (χ4n) is 2.55. The molecule has 0 saturated carbocycles. The lowest BCUT2D eigenvalue weighted by atomic mass is 10.1. The van der Waals surface area contributed by atoms with Crippen molar-refractivity contribution in [1.29, 1.82) is 0 Å². The predicted molar refractivity (Wildman–Crippen MR) is 106 cm³/mol. The summed E-state index contributed by atoms with van der Waals surface area (Å²) < 4.78 is 17.0. The number of amides is 1. The summed E-state index contributed by atoms with van der Waals surface area (Å²) in [6.45, 7) is 3.56. The second-order valence-corrected chi connectivity index (χ2v) is 6.84. The van der Waals surface area contributed by atoms with E-state index in [2.05, 4.69) is 26.4 Å². The van der Waals surface area contributed by atoms with E-state index in [1.165, 1.54) is 0 Å². The Kier molecular flexibility index (Phi) is 5.81. The van der Waals surface area contributed by atoms with Gasteiger partial charge in [0, 0.05) is 10.0 Å². The minimum Gasteiger partial charge on any atom is -0.497 e. The Labute approximate surface area is 165 Å². The van der Waals surface area contributed by atoms with Crippen LogP contribution in [0, 0.1) is 6.92 Å². The van der Waals surface area contributed by atoms with Gasteiger partial charge in [0.15, 0.2) is 5.76 Å². The van der Waals surface area contributed by atoms with E-state index >= 15 is 0 Å². The number of nitrogens with zero attached hydrogens (tertiary/aromatic N) is 1. The Hall–Kier alpha value is -2.80. The largest absolute Gasteiger partial charge is 0.497 e. The maximum absolute atomic E-state index is 12.4. The lowest BCUT2D eigenvalue weighted by Gasteiger charge is -2.14. The average Bonchev–Trinajstić information content (AvgIpc) is 3.03. The van der Waals surface area contributed by atoms with E-state index in [-0.39, 0.29) is 0 Å². The first-order valence-corrected chi connectivity index (χ1v) is 9.11. The van der Waals surface area contributed by atoms with Gasteiger partial charge in [-0.3, -0.25) is 5.32 Å². The van der Waals surface area contributed by atoms with Crippen LogP contribution in [0.3, 0.4) is 0 Å². The van der Waals surface area contributed by atoms with E-state index in [9.17, 15) is 4.79 Å². The number of hydrogen-bond donors (Lipinski definition) is 1. The molecule has 0 spiro atoms. The first-order valence-electron chi connectivity index (χ1n) is 8.31. The molecule has 1 unspecified atom stereocenters. The van der Waals surface area contributed by atoms with Gasteiger partial charge in [-0.1, -0.05) is 33.2 Å². The van der Waals surface area contributed by atoms with Gasteiger partial charge in [0.2, 0.25) is 0 Å². The molecule has 6 nitrogen and oxygen atoms in total. The topological polar surface area (TPSA) is 73.6 Å². The zero-order valence-electron chi connectivity index (χ0n) is 15.2. The van der Waals surface area contributed by atoms with Gasteiger partial charge >= 0.3 is 6.09 Å². The number of benzene rings is 2. The molecule has 2 aromatic carbocycles. The van der Waals surface area contributed by atoms with E-state index in [1.54, 1.807) is 21.0 Å². The highest BCUT2D eigenvalue weighted by atomic mass is 79.9. The molecule has 1 atom stereocenters. The van der Waals surface area contributed by atoms with Crippen LogP contribution in [0.15, 0.2) is 57.5 Å². The second kappa shape index (κ2) is 8.26. The monoisotopic (exact) mass is 430 g/mol. The van der Waals surface area contributed by atoms with E-state index < -0.39 is 12.2 Å². The van der Waals surface area contributed by atoms with Gasteiger partial charge in [0.1, 0.15) is 23.2 Å². The van der Waals surface area contributed by atoms with Crippen LogP contribution in [0.2, 0.25) is 0 Å². The molecule has 3 rings (SSSR count). The van der Waals surface area contributed by atoms with E-state index in [1.807, 2.05) is 48.5 Å². The van der Waals surface area contributed by atoms with Crippen molar-refractivity contribution < 1.29 is 18.8 Å². The molecule has 1 heterocycles. The number of nitrogens with one attached hydrogen (secondary N) is 1. The van der Waals surface area contributed by atoms with Gasteiger partial charge in [-0.2, -0.15) is 0 Å². The molecule has 0 bridgehead atoms. The molecule has 3 aromatic rings. The molecule has 0 aliphatic heterocycles. The Morgan fingerprint density at radius 2 is 1.81 bits per heavy atom. The lowest BCUT2D eigenvalue weighted by molar-refractivity contribution is 0.121. The number of hydrogen-bond acceptors (Lipinski definition) is 5. The van der Waals surface area contributed by atoms with Crippen LogP contribution in [0.1, 0.15) is 24.3 Å². The molecule has 0 aliphatic rings. The molecule has 7 heteroatoms. The summed E-state index contributed by atoms with van der Waals surface area (Å²) in [5.74, 6) is 1.23. The minimum atomic E-state index is -0.581. The summed E-state index contributed by atoms with van der Waals surface area (Å²) in [6.07, 6.45) is -1.00. The summed E-state index contributed by atoms with van der Waals surface area (Å²) in [5.41, 5.74) is 2.73. The molecule has 27 heavy (non-hydrogen) atoms. The third kappa shape index (κ3) is 4.49. The lowest BCUT2D eigenvalue weighted by Crippen LogP contribution is -2.16. The number of halogens is 1. The highest BCUT2D eigenvalue weighted by Crippen LogP contribution is 2.32. The molecule has 0 aliphatic carbocycles. The maximum atomic E-state index is 12.4. The van der Waals surface area contributed by atoms with Crippen LogP contribution >= 0.6 is 15.9 Å². The quantitative estimate of drug-likeness (QED) is 0.559. The van der Waals surface area contributed by atoms with Crippen LogP contribution < -0.4 is 10.1 Å². The zero-order chi connectivity index (χ0) is 19.4. The highest BCUT2D eigenvalue weighted by molar-refractivity contribution is 9.10. The first-order chi connectivity index (χ1) is 13.0. The first kappa shape index (κ1) is 19.0. The summed E-state index contributed by atoms with van der Waals surface area (Å²) in [7, 11) is 1.60. The van der Waals surface area contributed by atoms with Crippen molar-refractivity contribution in [1.82, 2.24) is 5.16 Å². The molecule has 0 saturated heterocycles. The number of rotatable bonds is 5. The molecular formula is C20H19BrN2O4. The number of aromatic nitrogens is 1. The van der Waals surface area contributed by atoms with Crippen LogP contribution in [0.4, 0.5) is 10.5 Å². The molecule has 1 N–H and O–H groups in total. The number of aryl methyl sites for hydroxylation is 1. The van der Waals surface area contributed by atoms with Gasteiger partial charge in [-0.25, -0.2) is 4.79 Å². The molecule has 0 radical (unpaired) electrons. The SMILES string of the molecule is COc1ccc(C(C)OC(=O)Nc2c(C)noc2-c2ccc(Br)cc2)cc1.